The number of carbonyl (C=O) groups excluding carboxylic acids is 2. The molecule has 0 radical (unpaired) electrons. The van der Waals surface area contributed by atoms with Crippen LogP contribution in [0, 0.1) is 6.92 Å². The maximum Gasteiger partial charge on any atom is 0.264 e. The van der Waals surface area contributed by atoms with E-state index in [1.807, 2.05) is 16.3 Å². The Hall–Kier alpha value is -2.14. The molecule has 0 aliphatic carbocycles. The van der Waals surface area contributed by atoms with Crippen LogP contribution in [0.25, 0.3) is 11.1 Å². The van der Waals surface area contributed by atoms with Crippen LogP contribution in [0.5, 0.6) is 0 Å². The Bertz CT molecular complexity index is 713. The minimum atomic E-state index is 0.0683. The molecule has 1 fully saturated rings. The van der Waals surface area contributed by atoms with E-state index >= 15 is 0 Å². The number of amides is 2. The molecule has 5 heteroatoms. The van der Waals surface area contributed by atoms with Crippen LogP contribution in [0.3, 0.4) is 0 Å². The number of hydrogen-bond acceptors (Lipinski definition) is 3. The van der Waals surface area contributed by atoms with E-state index in [0.29, 0.717) is 26.2 Å². The minimum Gasteiger partial charge on any atom is -0.339 e. The molecule has 1 aromatic heterocycles. The van der Waals surface area contributed by atoms with Crippen LogP contribution in [0.1, 0.15) is 22.2 Å². The molecule has 3 rings (SSSR count). The third-order valence-electron chi connectivity index (χ3n) is 4.23. The third kappa shape index (κ3) is 3.29. The average Bonchev–Trinajstić information content (AvgIpc) is 3.04. The predicted molar refractivity (Wildman–Crippen MR) is 92.6 cm³/mol. The van der Waals surface area contributed by atoms with E-state index in [9.17, 15) is 9.59 Å². The lowest BCUT2D eigenvalue weighted by molar-refractivity contribution is -0.130. The molecule has 120 valence electrons. The zero-order valence-electron chi connectivity index (χ0n) is 13.4. The van der Waals surface area contributed by atoms with Crippen molar-refractivity contribution in [1.82, 2.24) is 9.80 Å². The van der Waals surface area contributed by atoms with Gasteiger partial charge in [-0.05, 0) is 23.9 Å². The van der Waals surface area contributed by atoms with Gasteiger partial charge in [0.2, 0.25) is 5.91 Å². The van der Waals surface area contributed by atoms with Crippen LogP contribution >= 0.6 is 11.3 Å². The standard InChI is InChI=1S/C18H20N2O2S/c1-13-3-5-15(6-4-13)16-7-12-23-17(16)18(22)20-10-8-19(9-11-20)14(2)21/h3-7,12H,8-11H2,1-2H3. The van der Waals surface area contributed by atoms with Crippen molar-refractivity contribution in [2.45, 2.75) is 13.8 Å². The summed E-state index contributed by atoms with van der Waals surface area (Å²) in [7, 11) is 0. The first kappa shape index (κ1) is 15.7. The van der Waals surface area contributed by atoms with Gasteiger partial charge >= 0.3 is 0 Å². The number of aryl methyl sites for hydroxylation is 1. The van der Waals surface area contributed by atoms with E-state index in [4.69, 9.17) is 0 Å². The highest BCUT2D eigenvalue weighted by molar-refractivity contribution is 7.12. The first-order valence-electron chi connectivity index (χ1n) is 7.75. The lowest BCUT2D eigenvalue weighted by Crippen LogP contribution is -2.50. The van der Waals surface area contributed by atoms with Crippen molar-refractivity contribution in [3.63, 3.8) is 0 Å². The normalized spacial score (nSPS) is 14.9. The second-order valence-corrected chi connectivity index (χ2v) is 6.74. The fourth-order valence-corrected chi connectivity index (χ4v) is 3.69. The fraction of sp³-hybridized carbons (Fsp3) is 0.333. The monoisotopic (exact) mass is 328 g/mol. The number of thiophene rings is 1. The number of carbonyl (C=O) groups is 2. The highest BCUT2D eigenvalue weighted by Crippen LogP contribution is 2.30. The van der Waals surface area contributed by atoms with Gasteiger partial charge in [0, 0.05) is 38.7 Å². The van der Waals surface area contributed by atoms with Crippen LogP contribution in [0.15, 0.2) is 35.7 Å². The van der Waals surface area contributed by atoms with Gasteiger partial charge in [0.05, 0.1) is 4.88 Å². The van der Waals surface area contributed by atoms with Crippen LogP contribution < -0.4 is 0 Å². The number of hydrogen-bond donors (Lipinski definition) is 0. The highest BCUT2D eigenvalue weighted by atomic mass is 32.1. The van der Waals surface area contributed by atoms with Gasteiger partial charge < -0.3 is 9.80 Å². The SMILES string of the molecule is CC(=O)N1CCN(C(=O)c2sccc2-c2ccc(C)cc2)CC1. The number of rotatable bonds is 2. The molecule has 0 unspecified atom stereocenters. The van der Waals surface area contributed by atoms with Crippen molar-refractivity contribution in [2.75, 3.05) is 26.2 Å². The second-order valence-electron chi connectivity index (χ2n) is 5.83. The molecule has 23 heavy (non-hydrogen) atoms. The largest absolute Gasteiger partial charge is 0.339 e. The third-order valence-corrected chi connectivity index (χ3v) is 5.14. The van der Waals surface area contributed by atoms with Crippen LogP contribution in [0.4, 0.5) is 0 Å². The van der Waals surface area contributed by atoms with Crippen LogP contribution in [-0.4, -0.2) is 47.8 Å². The van der Waals surface area contributed by atoms with Crippen molar-refractivity contribution in [3.05, 3.63) is 46.2 Å². The Morgan fingerprint density at radius 3 is 2.17 bits per heavy atom. The summed E-state index contributed by atoms with van der Waals surface area (Å²) < 4.78 is 0. The maximum atomic E-state index is 12.8. The zero-order valence-corrected chi connectivity index (χ0v) is 14.2. The summed E-state index contributed by atoms with van der Waals surface area (Å²) in [6.07, 6.45) is 0. The Kier molecular flexibility index (Phi) is 4.48. The molecule has 0 atom stereocenters. The van der Waals surface area contributed by atoms with Crippen LogP contribution in [0.2, 0.25) is 0 Å². The second kappa shape index (κ2) is 6.54. The summed E-state index contributed by atoms with van der Waals surface area (Å²) in [5, 5.41) is 1.97. The maximum absolute atomic E-state index is 12.8. The van der Waals surface area contributed by atoms with Gasteiger partial charge in [-0.15, -0.1) is 11.3 Å². The van der Waals surface area contributed by atoms with Crippen molar-refractivity contribution < 1.29 is 9.59 Å². The zero-order chi connectivity index (χ0) is 16.4. The van der Waals surface area contributed by atoms with E-state index in [0.717, 1.165) is 16.0 Å². The fourth-order valence-electron chi connectivity index (χ4n) is 2.80. The van der Waals surface area contributed by atoms with E-state index in [2.05, 4.69) is 31.2 Å². The smallest absolute Gasteiger partial charge is 0.264 e. The number of piperazine rings is 1. The molecule has 4 nitrogen and oxygen atoms in total. The summed E-state index contributed by atoms with van der Waals surface area (Å²) >= 11 is 1.49. The first-order valence-corrected chi connectivity index (χ1v) is 8.63. The van der Waals surface area contributed by atoms with Crippen molar-refractivity contribution in [2.24, 2.45) is 0 Å². The molecule has 0 bridgehead atoms. The average molecular weight is 328 g/mol. The van der Waals surface area contributed by atoms with Gasteiger partial charge in [-0.2, -0.15) is 0 Å². The van der Waals surface area contributed by atoms with Crippen molar-refractivity contribution >= 4 is 23.2 Å². The molecule has 2 aromatic rings. The predicted octanol–water partition coefficient (Wildman–Crippen LogP) is 3.03. The van der Waals surface area contributed by atoms with Gasteiger partial charge in [0.15, 0.2) is 0 Å². The molecule has 0 saturated carbocycles. The quantitative estimate of drug-likeness (QED) is 0.850. The Morgan fingerprint density at radius 2 is 1.57 bits per heavy atom. The first-order chi connectivity index (χ1) is 11.1. The Labute approximate surface area is 140 Å². The van der Waals surface area contributed by atoms with E-state index < -0.39 is 0 Å². The number of nitrogens with zero attached hydrogens (tertiary/aromatic N) is 2. The lowest BCUT2D eigenvalue weighted by atomic mass is 10.0. The number of benzene rings is 1. The van der Waals surface area contributed by atoms with Gasteiger partial charge in [0.25, 0.3) is 5.91 Å². The molecule has 1 aliphatic heterocycles. The van der Waals surface area contributed by atoms with Gasteiger partial charge in [0.1, 0.15) is 0 Å². The van der Waals surface area contributed by atoms with Crippen LogP contribution in [-0.2, 0) is 4.79 Å². The molecule has 1 saturated heterocycles. The molecular formula is C18H20N2O2S. The van der Waals surface area contributed by atoms with E-state index in [1.165, 1.54) is 16.9 Å². The molecular weight excluding hydrogens is 308 g/mol. The van der Waals surface area contributed by atoms with Gasteiger partial charge in [-0.25, -0.2) is 0 Å². The Morgan fingerprint density at radius 1 is 0.957 bits per heavy atom. The molecule has 0 spiro atoms. The molecule has 0 N–H and O–H groups in total. The highest BCUT2D eigenvalue weighted by Gasteiger charge is 2.25. The van der Waals surface area contributed by atoms with Crippen molar-refractivity contribution in [1.29, 1.82) is 0 Å². The summed E-state index contributed by atoms with van der Waals surface area (Å²) in [5.41, 5.74) is 3.27. The summed E-state index contributed by atoms with van der Waals surface area (Å²) in [6, 6.07) is 10.2. The minimum absolute atomic E-state index is 0.0683. The summed E-state index contributed by atoms with van der Waals surface area (Å²) in [6.45, 7) is 6.07. The molecule has 2 amide bonds. The Balaban J connectivity index is 1.78. The van der Waals surface area contributed by atoms with E-state index in [-0.39, 0.29) is 11.8 Å². The molecule has 1 aromatic carbocycles. The van der Waals surface area contributed by atoms with Gasteiger partial charge in [-0.3, -0.25) is 9.59 Å². The lowest BCUT2D eigenvalue weighted by Gasteiger charge is -2.34. The van der Waals surface area contributed by atoms with E-state index in [1.54, 1.807) is 11.8 Å². The molecule has 2 heterocycles. The summed E-state index contributed by atoms with van der Waals surface area (Å²) in [5.74, 6) is 0.146. The van der Waals surface area contributed by atoms with Crippen molar-refractivity contribution in [3.8, 4) is 11.1 Å². The topological polar surface area (TPSA) is 40.6 Å². The summed E-state index contributed by atoms with van der Waals surface area (Å²) in [4.78, 5) is 28.6. The molecule has 1 aliphatic rings. The van der Waals surface area contributed by atoms with Gasteiger partial charge in [-0.1, -0.05) is 29.8 Å².